The van der Waals surface area contributed by atoms with Gasteiger partial charge in [0.15, 0.2) is 0 Å². The highest BCUT2D eigenvalue weighted by Crippen LogP contribution is 2.21. The summed E-state index contributed by atoms with van der Waals surface area (Å²) < 4.78 is 27.2. The average Bonchev–Trinajstić information content (AvgIpc) is 3.20. The minimum absolute atomic E-state index is 0.161. The fourth-order valence-electron chi connectivity index (χ4n) is 2.94. The maximum absolute atomic E-state index is 12.7. The number of benzene rings is 1. The number of pyridine rings is 2. The van der Waals surface area contributed by atoms with Gasteiger partial charge in [-0.05, 0) is 48.4 Å². The van der Waals surface area contributed by atoms with E-state index in [4.69, 9.17) is 0 Å². The lowest BCUT2D eigenvalue weighted by Gasteiger charge is -2.08. The van der Waals surface area contributed by atoms with Gasteiger partial charge in [0.05, 0.1) is 15.4 Å². The number of carbonyl (C=O) groups excluding carboxylic acids is 1. The average molecular weight is 406 g/mol. The molecule has 0 atom stereocenters. The molecule has 3 aromatic heterocycles. The summed E-state index contributed by atoms with van der Waals surface area (Å²) in [5, 5.41) is 2.84. The van der Waals surface area contributed by atoms with E-state index in [1.165, 1.54) is 18.3 Å². The molecule has 0 radical (unpaired) electrons. The third kappa shape index (κ3) is 3.88. The van der Waals surface area contributed by atoms with E-state index in [1.54, 1.807) is 66.4 Å². The Labute approximate surface area is 168 Å². The number of amides is 1. The van der Waals surface area contributed by atoms with Crippen LogP contribution >= 0.6 is 0 Å². The number of aryl methyl sites for hydroxylation is 1. The van der Waals surface area contributed by atoms with Crippen molar-refractivity contribution in [2.75, 3.05) is 0 Å². The van der Waals surface area contributed by atoms with E-state index < -0.39 is 9.84 Å². The monoisotopic (exact) mass is 406 g/mol. The second-order valence-electron chi connectivity index (χ2n) is 6.64. The zero-order valence-electron chi connectivity index (χ0n) is 15.6. The lowest BCUT2D eigenvalue weighted by Crippen LogP contribution is -2.23. The van der Waals surface area contributed by atoms with E-state index in [0.29, 0.717) is 5.56 Å². The van der Waals surface area contributed by atoms with Crippen LogP contribution in [0, 0.1) is 6.92 Å². The molecular formula is C21H18N4O3S. The number of carbonyl (C=O) groups is 1. The van der Waals surface area contributed by atoms with Gasteiger partial charge in [-0.2, -0.15) is 0 Å². The fraction of sp³-hybridized carbons (Fsp3) is 0.0952. The summed E-state index contributed by atoms with van der Waals surface area (Å²) in [5.41, 5.74) is 2.85. The minimum atomic E-state index is -3.63. The summed E-state index contributed by atoms with van der Waals surface area (Å²) in [6, 6.07) is 11.5. The van der Waals surface area contributed by atoms with Gasteiger partial charge in [-0.3, -0.25) is 9.78 Å². The SMILES string of the molecule is Cc1cncc(S(=O)(=O)c2ccc(CNC(=O)c3ccc4nccn4c3)cc2)c1. The number of hydrogen-bond donors (Lipinski definition) is 1. The van der Waals surface area contributed by atoms with Gasteiger partial charge in [0.25, 0.3) is 5.91 Å². The number of rotatable bonds is 5. The van der Waals surface area contributed by atoms with Crippen LogP contribution in [0.5, 0.6) is 0 Å². The molecule has 0 aliphatic heterocycles. The standard InChI is InChI=1S/C21H18N4O3S/c1-15-10-19(13-22-11-15)29(27,28)18-5-2-16(3-6-18)12-24-21(26)17-4-7-20-23-8-9-25(20)14-17/h2-11,13-14H,12H2,1H3,(H,24,26). The molecule has 1 amide bonds. The molecule has 0 saturated carbocycles. The second kappa shape index (κ2) is 7.48. The van der Waals surface area contributed by atoms with Gasteiger partial charge in [0.2, 0.25) is 9.84 Å². The third-order valence-electron chi connectivity index (χ3n) is 4.50. The van der Waals surface area contributed by atoms with Crippen molar-refractivity contribution in [2.45, 2.75) is 23.3 Å². The molecule has 0 fully saturated rings. The van der Waals surface area contributed by atoms with Crippen LogP contribution in [0.25, 0.3) is 5.65 Å². The number of nitrogens with one attached hydrogen (secondary N) is 1. The Morgan fingerprint density at radius 2 is 1.86 bits per heavy atom. The van der Waals surface area contributed by atoms with Crippen molar-refractivity contribution in [3.8, 4) is 0 Å². The Morgan fingerprint density at radius 1 is 1.07 bits per heavy atom. The van der Waals surface area contributed by atoms with Gasteiger partial charge in [0.1, 0.15) is 5.65 Å². The second-order valence-corrected chi connectivity index (χ2v) is 8.59. The molecule has 0 aliphatic rings. The molecule has 146 valence electrons. The van der Waals surface area contributed by atoms with Gasteiger partial charge in [-0.25, -0.2) is 13.4 Å². The number of nitrogens with zero attached hydrogens (tertiary/aromatic N) is 3. The van der Waals surface area contributed by atoms with Gasteiger partial charge >= 0.3 is 0 Å². The molecule has 0 saturated heterocycles. The van der Waals surface area contributed by atoms with Crippen LogP contribution in [-0.2, 0) is 16.4 Å². The highest BCUT2D eigenvalue weighted by atomic mass is 32.2. The maximum Gasteiger partial charge on any atom is 0.253 e. The molecule has 7 nitrogen and oxygen atoms in total. The summed E-state index contributed by atoms with van der Waals surface area (Å²) >= 11 is 0. The van der Waals surface area contributed by atoms with Crippen LogP contribution in [0.4, 0.5) is 0 Å². The van der Waals surface area contributed by atoms with Crippen LogP contribution < -0.4 is 5.32 Å². The van der Waals surface area contributed by atoms with E-state index >= 15 is 0 Å². The van der Waals surface area contributed by atoms with Crippen molar-refractivity contribution in [3.05, 3.63) is 90.1 Å². The molecule has 0 unspecified atom stereocenters. The van der Waals surface area contributed by atoms with E-state index in [9.17, 15) is 13.2 Å². The quantitative estimate of drug-likeness (QED) is 0.550. The zero-order valence-corrected chi connectivity index (χ0v) is 16.4. The molecule has 1 aromatic carbocycles. The molecule has 3 heterocycles. The van der Waals surface area contributed by atoms with Crippen LogP contribution in [0.15, 0.2) is 83.2 Å². The summed E-state index contributed by atoms with van der Waals surface area (Å²) in [7, 11) is -3.63. The van der Waals surface area contributed by atoms with E-state index in [0.717, 1.165) is 16.8 Å². The molecule has 8 heteroatoms. The highest BCUT2D eigenvalue weighted by Gasteiger charge is 2.18. The smallest absolute Gasteiger partial charge is 0.253 e. The fourth-order valence-corrected chi connectivity index (χ4v) is 4.24. The number of hydrogen-bond acceptors (Lipinski definition) is 5. The Kier molecular flexibility index (Phi) is 4.85. The van der Waals surface area contributed by atoms with Crippen LogP contribution in [0.2, 0.25) is 0 Å². The van der Waals surface area contributed by atoms with E-state index in [1.807, 2.05) is 0 Å². The van der Waals surface area contributed by atoms with Crippen molar-refractivity contribution in [1.82, 2.24) is 19.7 Å². The van der Waals surface area contributed by atoms with Crippen molar-refractivity contribution >= 4 is 21.4 Å². The van der Waals surface area contributed by atoms with Crippen molar-refractivity contribution in [2.24, 2.45) is 0 Å². The summed E-state index contributed by atoms with van der Waals surface area (Å²) in [6.45, 7) is 2.08. The van der Waals surface area contributed by atoms with Crippen molar-refractivity contribution in [3.63, 3.8) is 0 Å². The van der Waals surface area contributed by atoms with Crippen LogP contribution in [0.1, 0.15) is 21.5 Å². The number of imidazole rings is 1. The van der Waals surface area contributed by atoms with Gasteiger partial charge in [-0.1, -0.05) is 12.1 Å². The van der Waals surface area contributed by atoms with Crippen molar-refractivity contribution < 1.29 is 13.2 Å². The predicted octanol–water partition coefficient (Wildman–Crippen LogP) is 2.80. The van der Waals surface area contributed by atoms with Crippen molar-refractivity contribution in [1.29, 1.82) is 0 Å². The Morgan fingerprint density at radius 3 is 2.62 bits per heavy atom. The third-order valence-corrected chi connectivity index (χ3v) is 6.23. The first kappa shape index (κ1) is 18.8. The molecule has 0 aliphatic carbocycles. The lowest BCUT2D eigenvalue weighted by atomic mass is 10.2. The first-order chi connectivity index (χ1) is 13.9. The molecular weight excluding hydrogens is 388 g/mol. The predicted molar refractivity (Wildman–Crippen MR) is 107 cm³/mol. The molecule has 4 aromatic rings. The molecule has 4 rings (SSSR count). The van der Waals surface area contributed by atoms with Crippen LogP contribution in [0.3, 0.4) is 0 Å². The largest absolute Gasteiger partial charge is 0.348 e. The normalized spacial score (nSPS) is 11.5. The molecule has 1 N–H and O–H groups in total. The van der Waals surface area contributed by atoms with Gasteiger partial charge in [0, 0.05) is 37.5 Å². The Bertz CT molecular complexity index is 1300. The number of aromatic nitrogens is 3. The highest BCUT2D eigenvalue weighted by molar-refractivity contribution is 7.91. The summed E-state index contributed by atoms with van der Waals surface area (Å²) in [4.78, 5) is 20.8. The Balaban J connectivity index is 1.46. The zero-order chi connectivity index (χ0) is 20.4. The first-order valence-corrected chi connectivity index (χ1v) is 10.4. The summed E-state index contributed by atoms with van der Waals surface area (Å²) in [6.07, 6.45) is 8.10. The Hall–Kier alpha value is -3.52. The van der Waals surface area contributed by atoms with E-state index in [2.05, 4.69) is 15.3 Å². The lowest BCUT2D eigenvalue weighted by molar-refractivity contribution is 0.0950. The number of sulfone groups is 1. The molecule has 0 spiro atoms. The number of fused-ring (bicyclic) bond motifs is 1. The summed E-state index contributed by atoms with van der Waals surface area (Å²) in [5.74, 6) is -0.219. The van der Waals surface area contributed by atoms with E-state index in [-0.39, 0.29) is 22.2 Å². The van der Waals surface area contributed by atoms with Crippen LogP contribution in [-0.4, -0.2) is 28.7 Å². The van der Waals surface area contributed by atoms with Gasteiger partial charge < -0.3 is 9.72 Å². The first-order valence-electron chi connectivity index (χ1n) is 8.90. The minimum Gasteiger partial charge on any atom is -0.348 e. The molecule has 0 bridgehead atoms. The maximum atomic E-state index is 12.7. The van der Waals surface area contributed by atoms with Gasteiger partial charge in [-0.15, -0.1) is 0 Å². The molecule has 29 heavy (non-hydrogen) atoms. The topological polar surface area (TPSA) is 93.4 Å².